The van der Waals surface area contributed by atoms with Crippen molar-refractivity contribution in [1.29, 1.82) is 0 Å². The number of amides is 2. The summed E-state index contributed by atoms with van der Waals surface area (Å²) in [5.41, 5.74) is 2.31. The van der Waals surface area contributed by atoms with E-state index in [-0.39, 0.29) is 12.1 Å². The average molecular weight is 326 g/mol. The molecule has 2 amide bonds. The molecule has 2 aromatic carbocycles. The molecule has 0 aromatic heterocycles. The van der Waals surface area contributed by atoms with E-state index in [4.69, 9.17) is 4.74 Å². The lowest BCUT2D eigenvalue weighted by Crippen LogP contribution is -2.44. The molecule has 0 unspecified atom stereocenters. The Bertz CT molecular complexity index is 624. The zero-order valence-electron chi connectivity index (χ0n) is 14.7. The van der Waals surface area contributed by atoms with Gasteiger partial charge in [0, 0.05) is 19.1 Å². The Kier molecular flexibility index (Phi) is 6.67. The Hall–Kier alpha value is -2.49. The standard InChI is InChI=1S/C20H26N2O2/c1-16(2)22(15-18-7-5-4-6-8-18)20(23)21-14-13-17-9-11-19(24-3)12-10-17/h4-12,16H,13-15H2,1-3H3,(H,21,23). The Morgan fingerprint density at radius 2 is 1.71 bits per heavy atom. The summed E-state index contributed by atoms with van der Waals surface area (Å²) in [6.45, 7) is 5.30. The quantitative estimate of drug-likeness (QED) is 0.839. The van der Waals surface area contributed by atoms with Crippen LogP contribution in [0.5, 0.6) is 5.75 Å². The van der Waals surface area contributed by atoms with E-state index in [1.807, 2.05) is 73.3 Å². The van der Waals surface area contributed by atoms with Gasteiger partial charge in [-0.05, 0) is 43.5 Å². The van der Waals surface area contributed by atoms with Crippen LogP contribution in [0.25, 0.3) is 0 Å². The molecule has 0 spiro atoms. The minimum Gasteiger partial charge on any atom is -0.497 e. The summed E-state index contributed by atoms with van der Waals surface area (Å²) in [4.78, 5) is 14.3. The van der Waals surface area contributed by atoms with E-state index in [2.05, 4.69) is 5.32 Å². The summed E-state index contributed by atoms with van der Waals surface area (Å²) < 4.78 is 5.15. The largest absolute Gasteiger partial charge is 0.497 e. The molecule has 4 nitrogen and oxygen atoms in total. The second-order valence-electron chi connectivity index (χ2n) is 6.04. The van der Waals surface area contributed by atoms with E-state index in [0.717, 1.165) is 17.7 Å². The molecule has 0 fully saturated rings. The second-order valence-corrected chi connectivity index (χ2v) is 6.04. The van der Waals surface area contributed by atoms with Crippen molar-refractivity contribution in [1.82, 2.24) is 10.2 Å². The van der Waals surface area contributed by atoms with Gasteiger partial charge in [0.05, 0.1) is 7.11 Å². The molecule has 2 rings (SSSR count). The fourth-order valence-electron chi connectivity index (χ4n) is 2.48. The smallest absolute Gasteiger partial charge is 0.317 e. The highest BCUT2D eigenvalue weighted by Gasteiger charge is 2.16. The van der Waals surface area contributed by atoms with Gasteiger partial charge in [-0.2, -0.15) is 0 Å². The summed E-state index contributed by atoms with van der Waals surface area (Å²) in [6, 6.07) is 18.1. The molecule has 0 aliphatic heterocycles. The molecule has 2 aromatic rings. The van der Waals surface area contributed by atoms with Crippen LogP contribution in [0.3, 0.4) is 0 Å². The number of benzene rings is 2. The highest BCUT2D eigenvalue weighted by Crippen LogP contribution is 2.12. The monoisotopic (exact) mass is 326 g/mol. The summed E-state index contributed by atoms with van der Waals surface area (Å²) in [5, 5.41) is 3.02. The Morgan fingerprint density at radius 3 is 2.29 bits per heavy atom. The summed E-state index contributed by atoms with van der Waals surface area (Å²) in [6.07, 6.45) is 0.799. The molecule has 0 aliphatic rings. The van der Waals surface area contributed by atoms with Crippen LogP contribution < -0.4 is 10.1 Å². The van der Waals surface area contributed by atoms with Crippen molar-refractivity contribution in [2.75, 3.05) is 13.7 Å². The van der Waals surface area contributed by atoms with Gasteiger partial charge in [0.15, 0.2) is 0 Å². The SMILES string of the molecule is COc1ccc(CCNC(=O)N(Cc2ccccc2)C(C)C)cc1. The predicted octanol–water partition coefficient (Wildman–Crippen LogP) is 3.86. The molecule has 4 heteroatoms. The van der Waals surface area contributed by atoms with E-state index in [9.17, 15) is 4.79 Å². The molecule has 0 saturated heterocycles. The minimum atomic E-state index is -0.0256. The van der Waals surface area contributed by atoms with Crippen LogP contribution >= 0.6 is 0 Å². The third-order valence-corrected chi connectivity index (χ3v) is 3.93. The number of carbonyl (C=O) groups excluding carboxylic acids is 1. The molecule has 1 N–H and O–H groups in total. The van der Waals surface area contributed by atoms with Gasteiger partial charge in [-0.1, -0.05) is 42.5 Å². The second kappa shape index (κ2) is 8.96. The van der Waals surface area contributed by atoms with Crippen LogP contribution in [0.1, 0.15) is 25.0 Å². The lowest BCUT2D eigenvalue weighted by atomic mass is 10.1. The van der Waals surface area contributed by atoms with Crippen LogP contribution in [-0.4, -0.2) is 30.6 Å². The summed E-state index contributed by atoms with van der Waals surface area (Å²) in [5.74, 6) is 0.844. The first-order valence-corrected chi connectivity index (χ1v) is 8.31. The summed E-state index contributed by atoms with van der Waals surface area (Å²) in [7, 11) is 1.66. The van der Waals surface area contributed by atoms with Crippen molar-refractivity contribution in [3.63, 3.8) is 0 Å². The number of nitrogens with one attached hydrogen (secondary N) is 1. The van der Waals surface area contributed by atoms with Crippen molar-refractivity contribution in [2.45, 2.75) is 32.9 Å². The van der Waals surface area contributed by atoms with Crippen molar-refractivity contribution < 1.29 is 9.53 Å². The number of urea groups is 1. The molecular weight excluding hydrogens is 300 g/mol. The first-order chi connectivity index (χ1) is 11.6. The fourth-order valence-corrected chi connectivity index (χ4v) is 2.48. The van der Waals surface area contributed by atoms with Crippen molar-refractivity contribution in [3.8, 4) is 5.75 Å². The van der Waals surface area contributed by atoms with Crippen LogP contribution in [0.4, 0.5) is 4.79 Å². The molecular formula is C20H26N2O2. The van der Waals surface area contributed by atoms with Crippen LogP contribution in [0.2, 0.25) is 0 Å². The third kappa shape index (κ3) is 5.30. The maximum atomic E-state index is 12.5. The zero-order chi connectivity index (χ0) is 17.4. The summed E-state index contributed by atoms with van der Waals surface area (Å²) >= 11 is 0. The van der Waals surface area contributed by atoms with Gasteiger partial charge in [-0.25, -0.2) is 4.79 Å². The highest BCUT2D eigenvalue weighted by molar-refractivity contribution is 5.74. The minimum absolute atomic E-state index is 0.0256. The third-order valence-electron chi connectivity index (χ3n) is 3.93. The van der Waals surface area contributed by atoms with Gasteiger partial charge in [-0.15, -0.1) is 0 Å². The maximum Gasteiger partial charge on any atom is 0.317 e. The van der Waals surface area contributed by atoms with Crippen LogP contribution in [0, 0.1) is 0 Å². The highest BCUT2D eigenvalue weighted by atomic mass is 16.5. The van der Waals surface area contributed by atoms with Crippen molar-refractivity contribution >= 4 is 6.03 Å². The number of ether oxygens (including phenoxy) is 1. The van der Waals surface area contributed by atoms with E-state index in [1.165, 1.54) is 5.56 Å². The van der Waals surface area contributed by atoms with Gasteiger partial charge < -0.3 is 15.0 Å². The first-order valence-electron chi connectivity index (χ1n) is 8.31. The van der Waals surface area contributed by atoms with Gasteiger partial charge in [0.1, 0.15) is 5.75 Å². The van der Waals surface area contributed by atoms with Crippen LogP contribution in [0.15, 0.2) is 54.6 Å². The van der Waals surface area contributed by atoms with E-state index < -0.39 is 0 Å². The first kappa shape index (κ1) is 17.9. The van der Waals surface area contributed by atoms with E-state index in [0.29, 0.717) is 13.1 Å². The molecule has 0 bridgehead atoms. The normalized spacial score (nSPS) is 10.5. The van der Waals surface area contributed by atoms with Gasteiger partial charge in [0.2, 0.25) is 0 Å². The maximum absolute atomic E-state index is 12.5. The predicted molar refractivity (Wildman–Crippen MR) is 97.2 cm³/mol. The molecule has 0 radical (unpaired) electrons. The number of carbonyl (C=O) groups is 1. The Balaban J connectivity index is 1.86. The number of methoxy groups -OCH3 is 1. The molecule has 128 valence electrons. The Labute approximate surface area is 144 Å². The number of hydrogen-bond donors (Lipinski definition) is 1. The molecule has 0 atom stereocenters. The van der Waals surface area contributed by atoms with Crippen LogP contribution in [-0.2, 0) is 13.0 Å². The van der Waals surface area contributed by atoms with Gasteiger partial charge in [0.25, 0.3) is 0 Å². The van der Waals surface area contributed by atoms with Crippen molar-refractivity contribution in [3.05, 3.63) is 65.7 Å². The molecule has 0 heterocycles. The molecule has 24 heavy (non-hydrogen) atoms. The lowest BCUT2D eigenvalue weighted by Gasteiger charge is -2.27. The van der Waals surface area contributed by atoms with E-state index in [1.54, 1.807) is 7.11 Å². The molecule has 0 saturated carbocycles. The van der Waals surface area contributed by atoms with Gasteiger partial charge in [-0.3, -0.25) is 0 Å². The van der Waals surface area contributed by atoms with E-state index >= 15 is 0 Å². The topological polar surface area (TPSA) is 41.6 Å². The number of rotatable bonds is 7. The molecule has 0 aliphatic carbocycles. The number of hydrogen-bond acceptors (Lipinski definition) is 2. The number of nitrogens with zero attached hydrogens (tertiary/aromatic N) is 1. The van der Waals surface area contributed by atoms with Crippen molar-refractivity contribution in [2.24, 2.45) is 0 Å². The Morgan fingerprint density at radius 1 is 1.04 bits per heavy atom. The lowest BCUT2D eigenvalue weighted by molar-refractivity contribution is 0.180. The zero-order valence-corrected chi connectivity index (χ0v) is 14.7. The van der Waals surface area contributed by atoms with Gasteiger partial charge >= 0.3 is 6.03 Å². The fraction of sp³-hybridized carbons (Fsp3) is 0.350. The average Bonchev–Trinajstić information content (AvgIpc) is 2.60.